The molecule has 0 radical (unpaired) electrons. The van der Waals surface area contributed by atoms with Crippen molar-refractivity contribution in [1.82, 2.24) is 24.2 Å². The largest absolute Gasteiger partial charge is 0.364 e. The van der Waals surface area contributed by atoms with Crippen LogP contribution in [0.15, 0.2) is 29.2 Å². The molecule has 0 amide bonds. The molecular formula is C27H34FN7O. The van der Waals surface area contributed by atoms with E-state index in [9.17, 15) is 4.79 Å². The minimum Gasteiger partial charge on any atom is -0.364 e. The van der Waals surface area contributed by atoms with Gasteiger partial charge in [0, 0.05) is 61.5 Å². The van der Waals surface area contributed by atoms with E-state index in [0.717, 1.165) is 54.6 Å². The third kappa shape index (κ3) is 4.28. The molecule has 8 nitrogen and oxygen atoms in total. The number of halogens is 1. The predicted molar refractivity (Wildman–Crippen MR) is 137 cm³/mol. The molecule has 3 atom stereocenters. The standard InChI is InChI=1S/C27H34FN7O/c1-5-19-15-35(23-13-25(36)32(4)24-16-33(12-11-29)31-26(23)24)20(6-2)14-34(19)17(3)21-9-10-22(18-7-8-18)30-27(21)28/h9-10,13,16-20H,5-8,12,14-15H2,1-4H3/t17-,19+,20-/m0/s1. The number of aryl methyl sites for hydroxylation is 1. The molecule has 190 valence electrons. The first kappa shape index (κ1) is 24.4. The number of anilines is 1. The second kappa shape index (κ2) is 9.66. The Morgan fingerprint density at radius 3 is 2.58 bits per heavy atom. The lowest BCUT2D eigenvalue weighted by molar-refractivity contribution is 0.0989. The summed E-state index contributed by atoms with van der Waals surface area (Å²) in [5.41, 5.74) is 3.67. The zero-order chi connectivity index (χ0) is 25.6. The molecule has 1 saturated heterocycles. The Balaban J connectivity index is 1.48. The van der Waals surface area contributed by atoms with Crippen molar-refractivity contribution >= 4 is 16.7 Å². The minimum absolute atomic E-state index is 0.100. The highest BCUT2D eigenvalue weighted by atomic mass is 19.1. The van der Waals surface area contributed by atoms with E-state index in [-0.39, 0.29) is 36.2 Å². The molecule has 0 unspecified atom stereocenters. The maximum Gasteiger partial charge on any atom is 0.252 e. The quantitative estimate of drug-likeness (QED) is 0.463. The molecule has 1 aliphatic carbocycles. The molecule has 2 fully saturated rings. The number of rotatable bonds is 7. The van der Waals surface area contributed by atoms with Crippen LogP contribution in [0.5, 0.6) is 0 Å². The molecule has 3 aromatic rings. The summed E-state index contributed by atoms with van der Waals surface area (Å²) < 4.78 is 18.3. The smallest absolute Gasteiger partial charge is 0.252 e. The third-order valence-corrected chi connectivity index (χ3v) is 8.00. The number of hydrogen-bond donors (Lipinski definition) is 0. The number of hydrogen-bond acceptors (Lipinski definition) is 6. The third-order valence-electron chi connectivity index (χ3n) is 8.00. The number of nitriles is 1. The lowest BCUT2D eigenvalue weighted by Crippen LogP contribution is -2.59. The van der Waals surface area contributed by atoms with Crippen LogP contribution in [-0.2, 0) is 13.6 Å². The highest BCUT2D eigenvalue weighted by Gasteiger charge is 2.37. The number of fused-ring (bicyclic) bond motifs is 1. The van der Waals surface area contributed by atoms with Gasteiger partial charge in [-0.05, 0) is 38.7 Å². The molecule has 0 aromatic carbocycles. The van der Waals surface area contributed by atoms with E-state index in [1.54, 1.807) is 28.6 Å². The van der Waals surface area contributed by atoms with Gasteiger partial charge in [0.25, 0.3) is 5.56 Å². The molecule has 0 bridgehead atoms. The van der Waals surface area contributed by atoms with Crippen molar-refractivity contribution in [2.24, 2.45) is 7.05 Å². The Labute approximate surface area is 210 Å². The molecule has 9 heteroatoms. The van der Waals surface area contributed by atoms with Gasteiger partial charge in [-0.25, -0.2) is 4.98 Å². The SMILES string of the molecule is CC[C@H]1CN([C@@H](C)c2ccc(C3CC3)nc2F)[C@H](CC)CN1c1cc(=O)n(C)c2cn(CC#N)nc12. The monoisotopic (exact) mass is 491 g/mol. The first-order chi connectivity index (χ1) is 17.4. The summed E-state index contributed by atoms with van der Waals surface area (Å²) in [6.45, 7) is 7.95. The van der Waals surface area contributed by atoms with Gasteiger partial charge in [-0.1, -0.05) is 19.9 Å². The Morgan fingerprint density at radius 2 is 1.94 bits per heavy atom. The topological polar surface area (TPSA) is 83.0 Å². The Morgan fingerprint density at radius 1 is 1.19 bits per heavy atom. The highest BCUT2D eigenvalue weighted by molar-refractivity contribution is 5.88. The summed E-state index contributed by atoms with van der Waals surface area (Å²) in [5, 5.41) is 13.8. The fraction of sp³-hybridized carbons (Fsp3) is 0.556. The van der Waals surface area contributed by atoms with Crippen molar-refractivity contribution in [1.29, 1.82) is 5.26 Å². The number of nitrogens with zero attached hydrogens (tertiary/aromatic N) is 7. The Bertz CT molecular complexity index is 1370. The molecule has 5 rings (SSSR count). The second-order valence-corrected chi connectivity index (χ2v) is 10.2. The average molecular weight is 492 g/mol. The van der Waals surface area contributed by atoms with Crippen molar-refractivity contribution in [3.8, 4) is 6.07 Å². The van der Waals surface area contributed by atoms with Crippen LogP contribution in [0.1, 0.15) is 69.7 Å². The van der Waals surface area contributed by atoms with E-state index in [0.29, 0.717) is 18.0 Å². The maximum atomic E-state index is 15.1. The first-order valence-corrected chi connectivity index (χ1v) is 13.0. The van der Waals surface area contributed by atoms with E-state index in [2.05, 4.69) is 46.7 Å². The first-order valence-electron chi connectivity index (χ1n) is 13.0. The van der Waals surface area contributed by atoms with Crippen LogP contribution in [-0.4, -0.2) is 49.4 Å². The highest BCUT2D eigenvalue weighted by Crippen LogP contribution is 2.40. The average Bonchev–Trinajstić information content (AvgIpc) is 3.65. The van der Waals surface area contributed by atoms with E-state index >= 15 is 4.39 Å². The van der Waals surface area contributed by atoms with Crippen LogP contribution in [0.4, 0.5) is 10.1 Å². The van der Waals surface area contributed by atoms with Gasteiger partial charge in [-0.15, -0.1) is 0 Å². The van der Waals surface area contributed by atoms with E-state index in [4.69, 9.17) is 5.26 Å². The zero-order valence-corrected chi connectivity index (χ0v) is 21.5. The normalized spacial score (nSPS) is 21.6. The van der Waals surface area contributed by atoms with Crippen LogP contribution in [0.2, 0.25) is 0 Å². The lowest BCUT2D eigenvalue weighted by Gasteiger charge is -2.49. The van der Waals surface area contributed by atoms with Gasteiger partial charge < -0.3 is 9.47 Å². The van der Waals surface area contributed by atoms with Crippen molar-refractivity contribution in [3.63, 3.8) is 0 Å². The van der Waals surface area contributed by atoms with Gasteiger partial charge in [-0.2, -0.15) is 14.8 Å². The van der Waals surface area contributed by atoms with Crippen LogP contribution in [0.25, 0.3) is 11.0 Å². The maximum absolute atomic E-state index is 15.1. The molecule has 1 saturated carbocycles. The molecule has 2 aliphatic rings. The lowest BCUT2D eigenvalue weighted by atomic mass is 9.96. The van der Waals surface area contributed by atoms with Crippen LogP contribution in [0, 0.1) is 17.3 Å². The van der Waals surface area contributed by atoms with Crippen molar-refractivity contribution in [2.75, 3.05) is 18.0 Å². The van der Waals surface area contributed by atoms with Gasteiger partial charge in [0.05, 0.1) is 23.5 Å². The summed E-state index contributed by atoms with van der Waals surface area (Å²) >= 11 is 0. The number of aromatic nitrogens is 4. The Kier molecular flexibility index (Phi) is 6.56. The van der Waals surface area contributed by atoms with Gasteiger partial charge in [-0.3, -0.25) is 14.4 Å². The van der Waals surface area contributed by atoms with Crippen molar-refractivity contribution in [3.05, 3.63) is 52.0 Å². The molecule has 0 spiro atoms. The summed E-state index contributed by atoms with van der Waals surface area (Å²) in [5.74, 6) is 0.0702. The Hall–Kier alpha value is -3.25. The van der Waals surface area contributed by atoms with Gasteiger partial charge in [0.2, 0.25) is 5.95 Å². The zero-order valence-electron chi connectivity index (χ0n) is 21.5. The van der Waals surface area contributed by atoms with Crippen molar-refractivity contribution < 1.29 is 4.39 Å². The fourth-order valence-electron chi connectivity index (χ4n) is 5.62. The molecule has 36 heavy (non-hydrogen) atoms. The predicted octanol–water partition coefficient (Wildman–Crippen LogP) is 4.11. The van der Waals surface area contributed by atoms with Crippen LogP contribution < -0.4 is 10.5 Å². The second-order valence-electron chi connectivity index (χ2n) is 10.2. The van der Waals surface area contributed by atoms with Gasteiger partial charge in [0.1, 0.15) is 12.1 Å². The van der Waals surface area contributed by atoms with Crippen molar-refractivity contribution in [2.45, 2.75) is 77.0 Å². The number of piperazine rings is 1. The van der Waals surface area contributed by atoms with E-state index in [1.807, 2.05) is 12.1 Å². The van der Waals surface area contributed by atoms with Crippen LogP contribution in [0.3, 0.4) is 0 Å². The van der Waals surface area contributed by atoms with E-state index in [1.165, 1.54) is 0 Å². The molecular weight excluding hydrogens is 457 g/mol. The van der Waals surface area contributed by atoms with Gasteiger partial charge in [0.15, 0.2) is 0 Å². The summed E-state index contributed by atoms with van der Waals surface area (Å²) in [4.78, 5) is 21.9. The minimum atomic E-state index is -0.353. The molecule has 4 heterocycles. The van der Waals surface area contributed by atoms with Crippen LogP contribution >= 0.6 is 0 Å². The summed E-state index contributed by atoms with van der Waals surface area (Å²) in [7, 11) is 1.73. The molecule has 1 aliphatic heterocycles. The summed E-state index contributed by atoms with van der Waals surface area (Å²) in [6, 6.07) is 7.91. The summed E-state index contributed by atoms with van der Waals surface area (Å²) in [6.07, 6.45) is 5.73. The molecule has 3 aromatic heterocycles. The fourth-order valence-corrected chi connectivity index (χ4v) is 5.62. The van der Waals surface area contributed by atoms with E-state index < -0.39 is 0 Å². The number of pyridine rings is 2. The van der Waals surface area contributed by atoms with Gasteiger partial charge >= 0.3 is 0 Å². The molecule has 0 N–H and O–H groups in total.